The van der Waals surface area contributed by atoms with E-state index in [9.17, 15) is 9.90 Å². The Morgan fingerprint density at radius 1 is 1.60 bits per heavy atom. The topological polar surface area (TPSA) is 82.3 Å². The molecule has 0 aliphatic heterocycles. The number of nitrogens with zero attached hydrogens (tertiary/aromatic N) is 1. The first-order chi connectivity index (χ1) is 6.74. The molecule has 5 nitrogen and oxygen atoms in total. The van der Waals surface area contributed by atoms with E-state index in [4.69, 9.17) is 10.00 Å². The predicted molar refractivity (Wildman–Crippen MR) is 53.0 cm³/mol. The normalized spacial score (nSPS) is 29.9. The Bertz CT molecular complexity index is 295. The highest BCUT2D eigenvalue weighted by Crippen LogP contribution is 2.31. The Hall–Kier alpha value is -1.28. The quantitative estimate of drug-likeness (QED) is 0.633. The van der Waals surface area contributed by atoms with Crippen molar-refractivity contribution in [3.05, 3.63) is 0 Å². The molecular formula is C10H16N2O3. The van der Waals surface area contributed by atoms with Crippen LogP contribution in [0.5, 0.6) is 0 Å². The SMILES string of the molecule is CC(C)(C)OC(=O)NC1CC(O)(C#N)C1. The highest BCUT2D eigenvalue weighted by Gasteiger charge is 2.44. The van der Waals surface area contributed by atoms with Crippen LogP contribution in [-0.2, 0) is 4.74 Å². The van der Waals surface area contributed by atoms with E-state index in [1.807, 2.05) is 0 Å². The lowest BCUT2D eigenvalue weighted by Gasteiger charge is -2.38. The van der Waals surface area contributed by atoms with Crippen molar-refractivity contribution in [3.8, 4) is 6.07 Å². The summed E-state index contributed by atoms with van der Waals surface area (Å²) in [5.41, 5.74) is -1.79. The van der Waals surface area contributed by atoms with Crippen molar-refractivity contribution in [1.82, 2.24) is 5.32 Å². The van der Waals surface area contributed by atoms with Crippen molar-refractivity contribution in [3.63, 3.8) is 0 Å². The van der Waals surface area contributed by atoms with Gasteiger partial charge in [0.05, 0.1) is 6.07 Å². The van der Waals surface area contributed by atoms with Crippen molar-refractivity contribution in [1.29, 1.82) is 5.26 Å². The number of carbonyl (C=O) groups is 1. The number of alkyl carbamates (subject to hydrolysis) is 1. The number of rotatable bonds is 1. The summed E-state index contributed by atoms with van der Waals surface area (Å²) in [6.07, 6.45) is 0.0263. The zero-order chi connectivity index (χ0) is 11.7. The van der Waals surface area contributed by atoms with Crippen molar-refractivity contribution < 1.29 is 14.6 Å². The van der Waals surface area contributed by atoms with Crippen LogP contribution in [0.15, 0.2) is 0 Å². The second-order valence-corrected chi connectivity index (χ2v) is 4.89. The number of carbonyl (C=O) groups excluding carboxylic acids is 1. The summed E-state index contributed by atoms with van der Waals surface area (Å²) in [5, 5.41) is 20.5. The third-order valence-corrected chi connectivity index (χ3v) is 2.10. The zero-order valence-corrected chi connectivity index (χ0v) is 9.20. The molecule has 2 N–H and O–H groups in total. The van der Waals surface area contributed by atoms with Gasteiger partial charge in [0, 0.05) is 18.9 Å². The van der Waals surface area contributed by atoms with Crippen LogP contribution in [0, 0.1) is 11.3 Å². The van der Waals surface area contributed by atoms with Crippen molar-refractivity contribution in [2.24, 2.45) is 0 Å². The first kappa shape index (κ1) is 11.8. The van der Waals surface area contributed by atoms with E-state index in [2.05, 4.69) is 5.32 Å². The minimum Gasteiger partial charge on any atom is -0.444 e. The van der Waals surface area contributed by atoms with Crippen LogP contribution < -0.4 is 5.32 Å². The standard InChI is InChI=1S/C10H16N2O3/c1-9(2,3)15-8(13)12-7-4-10(14,5-7)6-11/h7,14H,4-5H2,1-3H3,(H,12,13). The molecule has 15 heavy (non-hydrogen) atoms. The van der Waals surface area contributed by atoms with E-state index < -0.39 is 17.3 Å². The number of hydrogen-bond acceptors (Lipinski definition) is 4. The average Bonchev–Trinajstić information content (AvgIpc) is 1.97. The van der Waals surface area contributed by atoms with E-state index in [1.165, 1.54) is 0 Å². The minimum atomic E-state index is -1.26. The molecular weight excluding hydrogens is 196 g/mol. The second-order valence-electron chi connectivity index (χ2n) is 4.89. The Morgan fingerprint density at radius 2 is 2.13 bits per heavy atom. The molecule has 0 spiro atoms. The van der Waals surface area contributed by atoms with E-state index in [1.54, 1.807) is 26.8 Å². The summed E-state index contributed by atoms with van der Waals surface area (Å²) in [6.45, 7) is 5.33. The van der Waals surface area contributed by atoms with Gasteiger partial charge < -0.3 is 15.2 Å². The first-order valence-electron chi connectivity index (χ1n) is 4.87. The summed E-state index contributed by atoms with van der Waals surface area (Å²) in [5.74, 6) is 0. The number of hydrogen-bond donors (Lipinski definition) is 2. The molecule has 84 valence electrons. The molecule has 0 heterocycles. The number of amides is 1. The zero-order valence-electron chi connectivity index (χ0n) is 9.20. The van der Waals surface area contributed by atoms with Crippen molar-refractivity contribution >= 4 is 6.09 Å². The Kier molecular flexibility index (Phi) is 2.91. The van der Waals surface area contributed by atoms with Crippen molar-refractivity contribution in [2.75, 3.05) is 0 Å². The highest BCUT2D eigenvalue weighted by atomic mass is 16.6. The molecule has 0 radical (unpaired) electrons. The maximum atomic E-state index is 11.3. The van der Waals surface area contributed by atoms with E-state index in [0.717, 1.165) is 0 Å². The van der Waals surface area contributed by atoms with Gasteiger partial charge in [-0.15, -0.1) is 0 Å². The lowest BCUT2D eigenvalue weighted by atomic mass is 9.77. The molecule has 0 bridgehead atoms. The third-order valence-electron chi connectivity index (χ3n) is 2.10. The van der Waals surface area contributed by atoms with Gasteiger partial charge in [0.15, 0.2) is 5.60 Å². The fourth-order valence-corrected chi connectivity index (χ4v) is 1.42. The lowest BCUT2D eigenvalue weighted by molar-refractivity contribution is -0.0110. The van der Waals surface area contributed by atoms with Gasteiger partial charge in [-0.3, -0.25) is 0 Å². The van der Waals surface area contributed by atoms with Crippen LogP contribution >= 0.6 is 0 Å². The summed E-state index contributed by atoms with van der Waals surface area (Å²) in [7, 11) is 0. The monoisotopic (exact) mass is 212 g/mol. The fraction of sp³-hybridized carbons (Fsp3) is 0.800. The summed E-state index contributed by atoms with van der Waals surface area (Å²) < 4.78 is 5.03. The number of ether oxygens (including phenoxy) is 1. The minimum absolute atomic E-state index is 0.163. The molecule has 0 aromatic carbocycles. The van der Waals surface area contributed by atoms with Gasteiger partial charge in [0.2, 0.25) is 0 Å². The summed E-state index contributed by atoms with van der Waals surface area (Å²) in [6, 6.07) is 1.63. The van der Waals surface area contributed by atoms with Gasteiger partial charge in [-0.2, -0.15) is 5.26 Å². The lowest BCUT2D eigenvalue weighted by Crippen LogP contribution is -2.55. The van der Waals surface area contributed by atoms with Gasteiger partial charge in [-0.25, -0.2) is 4.79 Å². The Morgan fingerprint density at radius 3 is 2.53 bits per heavy atom. The largest absolute Gasteiger partial charge is 0.444 e. The third kappa shape index (κ3) is 3.40. The molecule has 1 amide bonds. The number of nitrogens with one attached hydrogen (secondary N) is 1. The molecule has 1 rings (SSSR count). The molecule has 1 saturated carbocycles. The maximum absolute atomic E-state index is 11.3. The van der Waals surface area contributed by atoms with E-state index >= 15 is 0 Å². The molecule has 0 aromatic heterocycles. The van der Waals surface area contributed by atoms with Crippen molar-refractivity contribution in [2.45, 2.75) is 50.9 Å². The van der Waals surface area contributed by atoms with Gasteiger partial charge in [-0.1, -0.05) is 0 Å². The summed E-state index contributed by atoms with van der Waals surface area (Å²) in [4.78, 5) is 11.3. The van der Waals surface area contributed by atoms with Gasteiger partial charge in [0.1, 0.15) is 5.60 Å². The van der Waals surface area contributed by atoms with E-state index in [-0.39, 0.29) is 18.9 Å². The number of nitriles is 1. The van der Waals surface area contributed by atoms with Crippen LogP contribution in [0.25, 0.3) is 0 Å². The first-order valence-corrected chi connectivity index (χ1v) is 4.87. The molecule has 1 aliphatic carbocycles. The summed E-state index contributed by atoms with van der Waals surface area (Å²) >= 11 is 0. The molecule has 1 fully saturated rings. The van der Waals surface area contributed by atoms with Crippen LogP contribution in [0.4, 0.5) is 4.79 Å². The molecule has 1 aliphatic rings. The van der Waals surface area contributed by atoms with Gasteiger partial charge in [0.25, 0.3) is 0 Å². The second kappa shape index (κ2) is 3.70. The fourth-order valence-electron chi connectivity index (χ4n) is 1.42. The smallest absolute Gasteiger partial charge is 0.407 e. The van der Waals surface area contributed by atoms with Gasteiger partial charge >= 0.3 is 6.09 Å². The van der Waals surface area contributed by atoms with E-state index in [0.29, 0.717) is 0 Å². The average molecular weight is 212 g/mol. The van der Waals surface area contributed by atoms with Crippen LogP contribution in [0.1, 0.15) is 33.6 Å². The van der Waals surface area contributed by atoms with Gasteiger partial charge in [-0.05, 0) is 20.8 Å². The molecule has 0 unspecified atom stereocenters. The molecule has 0 saturated heterocycles. The molecule has 0 atom stereocenters. The molecule has 0 aromatic rings. The number of aliphatic hydroxyl groups is 1. The highest BCUT2D eigenvalue weighted by molar-refractivity contribution is 5.68. The Balaban J connectivity index is 2.29. The van der Waals surface area contributed by atoms with Crippen LogP contribution in [-0.4, -0.2) is 28.4 Å². The van der Waals surface area contributed by atoms with Crippen LogP contribution in [0.2, 0.25) is 0 Å². The predicted octanol–water partition coefficient (Wildman–Crippen LogP) is 0.928. The van der Waals surface area contributed by atoms with Crippen LogP contribution in [0.3, 0.4) is 0 Å². The molecule has 5 heteroatoms. The maximum Gasteiger partial charge on any atom is 0.407 e. The Labute approximate surface area is 89.0 Å².